The Bertz CT molecular complexity index is 424. The van der Waals surface area contributed by atoms with E-state index < -0.39 is 0 Å². The van der Waals surface area contributed by atoms with E-state index in [4.69, 9.17) is 9.26 Å². The number of nitrogens with zero attached hydrogens (tertiary/aromatic N) is 2. The van der Waals surface area contributed by atoms with E-state index in [-0.39, 0.29) is 11.7 Å². The second kappa shape index (κ2) is 5.23. The van der Waals surface area contributed by atoms with E-state index in [1.165, 1.54) is 0 Å². The molecule has 2 aliphatic heterocycles. The topological polar surface area (TPSA) is 58.7 Å². The van der Waals surface area contributed by atoms with Crippen molar-refractivity contribution >= 4 is 0 Å². The Morgan fingerprint density at radius 1 is 1.47 bits per heavy atom. The van der Waals surface area contributed by atoms with Gasteiger partial charge in [0, 0.05) is 32.3 Å². The van der Waals surface area contributed by atoms with Crippen LogP contribution < -0.4 is 0 Å². The molecule has 19 heavy (non-hydrogen) atoms. The van der Waals surface area contributed by atoms with Gasteiger partial charge in [-0.05, 0) is 32.6 Å². The van der Waals surface area contributed by atoms with Crippen LogP contribution in [0.2, 0.25) is 0 Å². The Kier molecular flexibility index (Phi) is 3.60. The minimum Gasteiger partial charge on any atom is -0.390 e. The number of hydrogen-bond acceptors (Lipinski definition) is 5. The van der Waals surface area contributed by atoms with Gasteiger partial charge in [-0.15, -0.1) is 0 Å². The van der Waals surface area contributed by atoms with Gasteiger partial charge in [-0.2, -0.15) is 0 Å². The molecule has 5 heteroatoms. The fourth-order valence-electron chi connectivity index (χ4n) is 3.20. The highest BCUT2D eigenvalue weighted by Gasteiger charge is 2.43. The maximum atomic E-state index is 10.2. The molecule has 106 valence electrons. The Hall–Kier alpha value is -0.910. The van der Waals surface area contributed by atoms with Crippen molar-refractivity contribution < 1.29 is 14.4 Å². The maximum absolute atomic E-state index is 10.2. The highest BCUT2D eigenvalue weighted by atomic mass is 16.5. The van der Waals surface area contributed by atoms with Crippen molar-refractivity contribution in [2.75, 3.05) is 19.7 Å². The Labute approximate surface area is 113 Å². The molecule has 1 aromatic heterocycles. The summed E-state index contributed by atoms with van der Waals surface area (Å²) in [6, 6.07) is 1.98. The fraction of sp³-hybridized carbons (Fsp3) is 0.786. The van der Waals surface area contributed by atoms with Gasteiger partial charge >= 0.3 is 0 Å². The minimum absolute atomic E-state index is 0.283. The van der Waals surface area contributed by atoms with Crippen LogP contribution in [0.25, 0.3) is 0 Å². The summed E-state index contributed by atoms with van der Waals surface area (Å²) in [7, 11) is 0. The number of aliphatic hydroxyl groups is 1. The predicted molar refractivity (Wildman–Crippen MR) is 69.7 cm³/mol. The Morgan fingerprint density at radius 2 is 2.26 bits per heavy atom. The van der Waals surface area contributed by atoms with Crippen LogP contribution in [0.4, 0.5) is 0 Å². The van der Waals surface area contributed by atoms with Crippen molar-refractivity contribution in [2.24, 2.45) is 0 Å². The molecule has 2 fully saturated rings. The highest BCUT2D eigenvalue weighted by Crippen LogP contribution is 2.35. The van der Waals surface area contributed by atoms with Crippen LogP contribution in [0.15, 0.2) is 10.6 Å². The molecule has 0 radical (unpaired) electrons. The Balaban J connectivity index is 1.57. The summed E-state index contributed by atoms with van der Waals surface area (Å²) < 4.78 is 11.0. The SMILES string of the molecule is Cc1cc(CN2CCC3(CC2)OCCCC3O)no1. The van der Waals surface area contributed by atoms with E-state index in [1.54, 1.807) is 0 Å². The van der Waals surface area contributed by atoms with Gasteiger partial charge in [-0.1, -0.05) is 5.16 Å². The first-order valence-electron chi connectivity index (χ1n) is 7.14. The van der Waals surface area contributed by atoms with Crippen molar-refractivity contribution in [2.45, 2.75) is 50.9 Å². The van der Waals surface area contributed by atoms with Crippen LogP contribution in [0.5, 0.6) is 0 Å². The monoisotopic (exact) mass is 266 g/mol. The van der Waals surface area contributed by atoms with Crippen LogP contribution in [0.3, 0.4) is 0 Å². The third-order valence-electron chi connectivity index (χ3n) is 4.38. The van der Waals surface area contributed by atoms with Crippen LogP contribution in [-0.4, -0.2) is 46.6 Å². The van der Waals surface area contributed by atoms with Crippen molar-refractivity contribution in [1.82, 2.24) is 10.1 Å². The summed E-state index contributed by atoms with van der Waals surface area (Å²) in [5.74, 6) is 0.856. The molecule has 0 aliphatic carbocycles. The van der Waals surface area contributed by atoms with Crippen LogP contribution in [-0.2, 0) is 11.3 Å². The number of rotatable bonds is 2. The third kappa shape index (κ3) is 2.68. The first-order valence-corrected chi connectivity index (χ1v) is 7.14. The van der Waals surface area contributed by atoms with Gasteiger partial charge in [0.15, 0.2) is 0 Å². The molecule has 3 rings (SSSR count). The van der Waals surface area contributed by atoms with Gasteiger partial charge in [0.2, 0.25) is 0 Å². The summed E-state index contributed by atoms with van der Waals surface area (Å²) in [5, 5.41) is 14.2. The molecular weight excluding hydrogens is 244 g/mol. The average Bonchev–Trinajstić information content (AvgIpc) is 2.81. The predicted octanol–water partition coefficient (Wildman–Crippen LogP) is 1.49. The molecule has 0 saturated carbocycles. The summed E-state index contributed by atoms with van der Waals surface area (Å²) in [5.41, 5.74) is 0.702. The number of aryl methyl sites for hydroxylation is 1. The number of piperidine rings is 1. The van der Waals surface area contributed by atoms with Crippen molar-refractivity contribution in [1.29, 1.82) is 0 Å². The standard InChI is InChI=1S/C14H22N2O3/c1-11-9-12(15-19-11)10-16-6-4-14(5-7-16)13(17)3-2-8-18-14/h9,13,17H,2-8,10H2,1H3. The van der Waals surface area contributed by atoms with Gasteiger partial charge < -0.3 is 14.4 Å². The lowest BCUT2D eigenvalue weighted by Gasteiger charge is -2.46. The summed E-state index contributed by atoms with van der Waals surface area (Å²) in [6.45, 7) is 5.42. The first-order chi connectivity index (χ1) is 9.18. The smallest absolute Gasteiger partial charge is 0.133 e. The molecule has 0 bridgehead atoms. The van der Waals surface area contributed by atoms with E-state index in [2.05, 4.69) is 10.1 Å². The van der Waals surface area contributed by atoms with Crippen LogP contribution in [0.1, 0.15) is 37.1 Å². The molecule has 0 aromatic carbocycles. The second-order valence-corrected chi connectivity index (χ2v) is 5.78. The Morgan fingerprint density at radius 3 is 2.89 bits per heavy atom. The highest BCUT2D eigenvalue weighted by molar-refractivity contribution is 5.04. The molecule has 1 unspecified atom stereocenters. The molecular formula is C14H22N2O3. The average molecular weight is 266 g/mol. The number of aliphatic hydroxyl groups excluding tert-OH is 1. The molecule has 1 atom stereocenters. The lowest BCUT2D eigenvalue weighted by atomic mass is 9.82. The second-order valence-electron chi connectivity index (χ2n) is 5.78. The lowest BCUT2D eigenvalue weighted by Crippen LogP contribution is -2.55. The zero-order chi connectivity index (χ0) is 13.3. The molecule has 1 N–H and O–H groups in total. The molecule has 3 heterocycles. The molecule has 1 spiro atoms. The van der Waals surface area contributed by atoms with Crippen molar-refractivity contribution in [3.8, 4) is 0 Å². The maximum Gasteiger partial charge on any atom is 0.133 e. The van der Waals surface area contributed by atoms with Crippen molar-refractivity contribution in [3.63, 3.8) is 0 Å². The zero-order valence-electron chi connectivity index (χ0n) is 11.5. The zero-order valence-corrected chi connectivity index (χ0v) is 11.5. The van der Waals surface area contributed by atoms with E-state index in [1.807, 2.05) is 13.0 Å². The van der Waals surface area contributed by atoms with Gasteiger partial charge in [0.25, 0.3) is 0 Å². The van der Waals surface area contributed by atoms with Gasteiger partial charge in [0.05, 0.1) is 17.4 Å². The van der Waals surface area contributed by atoms with E-state index in [0.29, 0.717) is 0 Å². The van der Waals surface area contributed by atoms with Crippen LogP contribution in [0, 0.1) is 6.92 Å². The minimum atomic E-state index is -0.294. The fourth-order valence-corrected chi connectivity index (χ4v) is 3.20. The van der Waals surface area contributed by atoms with E-state index in [9.17, 15) is 5.11 Å². The van der Waals surface area contributed by atoms with Gasteiger partial charge in [-0.3, -0.25) is 4.90 Å². The van der Waals surface area contributed by atoms with Gasteiger partial charge in [-0.25, -0.2) is 0 Å². The summed E-state index contributed by atoms with van der Waals surface area (Å²) >= 11 is 0. The van der Waals surface area contributed by atoms with Crippen molar-refractivity contribution in [3.05, 3.63) is 17.5 Å². The quantitative estimate of drug-likeness (QED) is 0.879. The molecule has 0 amide bonds. The van der Waals surface area contributed by atoms with E-state index >= 15 is 0 Å². The number of ether oxygens (including phenoxy) is 1. The van der Waals surface area contributed by atoms with E-state index in [0.717, 1.165) is 63.4 Å². The van der Waals surface area contributed by atoms with Crippen LogP contribution >= 0.6 is 0 Å². The lowest BCUT2D eigenvalue weighted by molar-refractivity contribution is -0.177. The summed E-state index contributed by atoms with van der Waals surface area (Å²) in [6.07, 6.45) is 3.38. The normalized spacial score (nSPS) is 27.8. The molecule has 1 aromatic rings. The number of likely N-dealkylation sites (tertiary alicyclic amines) is 1. The first kappa shape index (κ1) is 13.1. The van der Waals surface area contributed by atoms with Gasteiger partial charge in [0.1, 0.15) is 5.76 Å². The largest absolute Gasteiger partial charge is 0.390 e. The molecule has 5 nitrogen and oxygen atoms in total. The molecule has 2 aliphatic rings. The number of aromatic nitrogens is 1. The third-order valence-corrected chi connectivity index (χ3v) is 4.38. The summed E-state index contributed by atoms with van der Waals surface area (Å²) in [4.78, 5) is 2.35. The molecule has 2 saturated heterocycles. The number of hydrogen-bond donors (Lipinski definition) is 1.